The molecule has 2 nitrogen and oxygen atoms in total. The molecule has 0 spiro atoms. The molecule has 1 amide bonds. The fourth-order valence-electron chi connectivity index (χ4n) is 1.21. The van der Waals surface area contributed by atoms with Crippen molar-refractivity contribution < 1.29 is 4.79 Å². The highest BCUT2D eigenvalue weighted by Gasteiger charge is 2.10. The number of carbonyl (C=O) groups excluding carboxylic acids is 1. The summed E-state index contributed by atoms with van der Waals surface area (Å²) in [6, 6.07) is 0. The van der Waals surface area contributed by atoms with Crippen molar-refractivity contribution in [3.8, 4) is 0 Å². The lowest BCUT2D eigenvalue weighted by Crippen LogP contribution is -2.16. The summed E-state index contributed by atoms with van der Waals surface area (Å²) in [6.07, 6.45) is 10.5. The molecule has 0 aliphatic carbocycles. The van der Waals surface area contributed by atoms with Gasteiger partial charge in [-0.15, -0.1) is 0 Å². The number of nitrogens with one attached hydrogen (secondary N) is 1. The van der Waals surface area contributed by atoms with E-state index in [-0.39, 0.29) is 0 Å². The average molecular weight is 221 g/mol. The van der Waals surface area contributed by atoms with E-state index in [0.29, 0.717) is 12.0 Å². The summed E-state index contributed by atoms with van der Waals surface area (Å²) in [5.74, 6) is 0. The molecule has 0 aromatic rings. The second-order valence-electron chi connectivity index (χ2n) is 5.00. The van der Waals surface area contributed by atoms with Crippen molar-refractivity contribution in [1.82, 2.24) is 5.32 Å². The Morgan fingerprint density at radius 2 is 2.00 bits per heavy atom. The van der Waals surface area contributed by atoms with E-state index >= 15 is 0 Å². The molecule has 90 valence electrons. The summed E-state index contributed by atoms with van der Waals surface area (Å²) in [5.41, 5.74) is 1.56. The van der Waals surface area contributed by atoms with E-state index in [1.165, 1.54) is 5.57 Å². The van der Waals surface area contributed by atoms with Gasteiger partial charge in [-0.05, 0) is 18.3 Å². The lowest BCUT2D eigenvalue weighted by atomic mass is 9.88. The Morgan fingerprint density at radius 3 is 2.50 bits per heavy atom. The van der Waals surface area contributed by atoms with Crippen molar-refractivity contribution in [3.05, 3.63) is 36.5 Å². The Balaban J connectivity index is 4.30. The highest BCUT2D eigenvalue weighted by atomic mass is 16.1. The second-order valence-corrected chi connectivity index (χ2v) is 5.00. The monoisotopic (exact) mass is 221 g/mol. The minimum atomic E-state index is 0.322. The molecule has 0 atom stereocenters. The lowest BCUT2D eigenvalue weighted by molar-refractivity contribution is -0.109. The van der Waals surface area contributed by atoms with Crippen molar-refractivity contribution in [2.24, 2.45) is 5.41 Å². The van der Waals surface area contributed by atoms with Gasteiger partial charge < -0.3 is 5.32 Å². The van der Waals surface area contributed by atoms with Crippen LogP contribution in [0.5, 0.6) is 0 Å². The molecular formula is C14H23NO. The van der Waals surface area contributed by atoms with Crippen LogP contribution in [-0.2, 0) is 4.79 Å². The van der Waals surface area contributed by atoms with Crippen LogP contribution in [0.3, 0.4) is 0 Å². The Bertz CT molecular complexity index is 269. The van der Waals surface area contributed by atoms with Crippen molar-refractivity contribution in [2.45, 2.75) is 33.6 Å². The van der Waals surface area contributed by atoms with E-state index in [9.17, 15) is 4.79 Å². The molecule has 16 heavy (non-hydrogen) atoms. The quantitative estimate of drug-likeness (QED) is 0.519. The van der Waals surface area contributed by atoms with Crippen LogP contribution in [0.1, 0.15) is 33.6 Å². The Labute approximate surface area is 99.1 Å². The van der Waals surface area contributed by atoms with E-state index in [0.717, 1.165) is 19.3 Å². The first-order valence-electron chi connectivity index (χ1n) is 5.64. The zero-order valence-electron chi connectivity index (χ0n) is 10.6. The normalized spacial score (nSPS) is 12.8. The fraction of sp³-hybridized carbons (Fsp3) is 0.500. The topological polar surface area (TPSA) is 29.1 Å². The van der Waals surface area contributed by atoms with E-state index in [1.54, 1.807) is 6.08 Å². The first-order chi connectivity index (χ1) is 7.49. The number of rotatable bonds is 7. The van der Waals surface area contributed by atoms with Gasteiger partial charge in [-0.3, -0.25) is 4.79 Å². The number of hydrogen-bond acceptors (Lipinski definition) is 1. The van der Waals surface area contributed by atoms with Gasteiger partial charge in [0, 0.05) is 6.54 Å². The van der Waals surface area contributed by atoms with Crippen molar-refractivity contribution in [3.63, 3.8) is 0 Å². The Morgan fingerprint density at radius 1 is 1.31 bits per heavy atom. The molecule has 0 aliphatic heterocycles. The van der Waals surface area contributed by atoms with Crippen LogP contribution in [0.15, 0.2) is 36.5 Å². The Hall–Kier alpha value is -1.31. The minimum Gasteiger partial charge on any atom is -0.355 e. The van der Waals surface area contributed by atoms with Crippen LogP contribution >= 0.6 is 0 Å². The van der Waals surface area contributed by atoms with Gasteiger partial charge in [0.05, 0.1) is 0 Å². The third-order valence-corrected chi connectivity index (χ3v) is 2.19. The molecule has 0 saturated carbocycles. The lowest BCUT2D eigenvalue weighted by Gasteiger charge is -2.18. The van der Waals surface area contributed by atoms with Gasteiger partial charge in [-0.1, -0.05) is 57.2 Å². The van der Waals surface area contributed by atoms with Gasteiger partial charge >= 0.3 is 0 Å². The number of hydrogen-bond donors (Lipinski definition) is 1. The fourth-order valence-corrected chi connectivity index (χ4v) is 1.21. The molecule has 0 radical (unpaired) electrons. The molecule has 0 aromatic carbocycles. The van der Waals surface area contributed by atoms with E-state index < -0.39 is 0 Å². The third kappa shape index (κ3) is 9.25. The predicted molar refractivity (Wildman–Crippen MR) is 70.2 cm³/mol. The van der Waals surface area contributed by atoms with Crippen LogP contribution in [0.25, 0.3) is 0 Å². The number of amides is 1. The van der Waals surface area contributed by atoms with Gasteiger partial charge in [-0.2, -0.15) is 0 Å². The highest BCUT2D eigenvalue weighted by Crippen LogP contribution is 2.23. The van der Waals surface area contributed by atoms with Crippen molar-refractivity contribution in [1.29, 1.82) is 0 Å². The molecule has 0 saturated heterocycles. The molecule has 0 bridgehead atoms. The zero-order valence-corrected chi connectivity index (χ0v) is 10.6. The van der Waals surface area contributed by atoms with Crippen molar-refractivity contribution in [2.75, 3.05) is 6.54 Å². The van der Waals surface area contributed by atoms with Crippen LogP contribution in [0.2, 0.25) is 0 Å². The second kappa shape index (κ2) is 7.91. The smallest absolute Gasteiger partial charge is 0.207 e. The summed E-state index contributed by atoms with van der Waals surface area (Å²) < 4.78 is 0. The molecule has 0 aliphatic rings. The minimum absolute atomic E-state index is 0.322. The van der Waals surface area contributed by atoms with E-state index in [1.807, 2.05) is 18.2 Å². The third-order valence-electron chi connectivity index (χ3n) is 2.19. The van der Waals surface area contributed by atoms with Gasteiger partial charge in [0.25, 0.3) is 0 Å². The summed E-state index contributed by atoms with van der Waals surface area (Å²) in [4.78, 5) is 10.3. The summed E-state index contributed by atoms with van der Waals surface area (Å²) in [6.45, 7) is 10.9. The van der Waals surface area contributed by atoms with E-state index in [2.05, 4.69) is 32.7 Å². The van der Waals surface area contributed by atoms with Gasteiger partial charge in [0.15, 0.2) is 0 Å². The van der Waals surface area contributed by atoms with Gasteiger partial charge in [0.2, 0.25) is 6.41 Å². The molecule has 0 fully saturated rings. The highest BCUT2D eigenvalue weighted by molar-refractivity contribution is 5.46. The van der Waals surface area contributed by atoms with Crippen molar-refractivity contribution >= 4 is 6.41 Å². The Kier molecular flexibility index (Phi) is 7.27. The number of carbonyl (C=O) groups is 1. The molecule has 0 aromatic heterocycles. The predicted octanol–water partition coefficient (Wildman–Crippen LogP) is 3.23. The van der Waals surface area contributed by atoms with E-state index in [4.69, 9.17) is 0 Å². The van der Waals surface area contributed by atoms with Gasteiger partial charge in [-0.25, -0.2) is 0 Å². The van der Waals surface area contributed by atoms with Crippen LogP contribution in [-0.4, -0.2) is 13.0 Å². The summed E-state index contributed by atoms with van der Waals surface area (Å²) in [7, 11) is 0. The maximum atomic E-state index is 10.3. The SMILES string of the molecule is C=C/C=C\C=C(\CCC(C)(C)C)CNC=O. The molecule has 0 heterocycles. The zero-order chi connectivity index (χ0) is 12.4. The maximum absolute atomic E-state index is 10.3. The average Bonchev–Trinajstić information content (AvgIpc) is 2.20. The first-order valence-corrected chi connectivity index (χ1v) is 5.64. The summed E-state index contributed by atoms with van der Waals surface area (Å²) >= 11 is 0. The number of allylic oxidation sites excluding steroid dienone is 4. The molecule has 0 unspecified atom stereocenters. The standard InChI is InChI=1S/C14H23NO/c1-5-6-7-8-13(11-15-12-16)9-10-14(2,3)4/h5-8,12H,1,9-11H2,2-4H3,(H,15,16)/b7-6-,13-8-. The first kappa shape index (κ1) is 14.7. The largest absolute Gasteiger partial charge is 0.355 e. The molecule has 0 rings (SSSR count). The maximum Gasteiger partial charge on any atom is 0.207 e. The molecule has 1 N–H and O–H groups in total. The molecular weight excluding hydrogens is 198 g/mol. The summed E-state index contributed by atoms with van der Waals surface area (Å²) in [5, 5.41) is 2.70. The van der Waals surface area contributed by atoms with Crippen LogP contribution < -0.4 is 5.32 Å². The van der Waals surface area contributed by atoms with Crippen LogP contribution in [0.4, 0.5) is 0 Å². The molecule has 2 heteroatoms. The van der Waals surface area contributed by atoms with Gasteiger partial charge in [0.1, 0.15) is 0 Å². The van der Waals surface area contributed by atoms with Crippen LogP contribution in [0, 0.1) is 5.41 Å².